The maximum Gasteiger partial charge on any atom is 0.225 e. The van der Waals surface area contributed by atoms with Crippen molar-refractivity contribution in [2.75, 3.05) is 19.6 Å². The lowest BCUT2D eigenvalue weighted by atomic mass is 9.96. The Kier molecular flexibility index (Phi) is 8.11. The SMILES string of the molecule is CC(C)(C)C(=O)NCCCC(=O)NC1CCN(Cc2ccc(Cl)cc2)CC1. The first kappa shape index (κ1) is 21.7. The third-order valence-electron chi connectivity index (χ3n) is 4.82. The molecule has 2 amide bonds. The summed E-state index contributed by atoms with van der Waals surface area (Å²) in [5.74, 6) is 0.104. The predicted molar refractivity (Wildman–Crippen MR) is 110 cm³/mol. The van der Waals surface area contributed by atoms with Gasteiger partial charge >= 0.3 is 0 Å². The minimum Gasteiger partial charge on any atom is -0.356 e. The third kappa shape index (κ3) is 7.89. The number of rotatable bonds is 7. The highest BCUT2D eigenvalue weighted by Crippen LogP contribution is 2.16. The Labute approximate surface area is 167 Å². The highest BCUT2D eigenvalue weighted by molar-refractivity contribution is 6.30. The van der Waals surface area contributed by atoms with Gasteiger partial charge in [-0.05, 0) is 37.0 Å². The monoisotopic (exact) mass is 393 g/mol. The van der Waals surface area contributed by atoms with Gasteiger partial charge in [0.05, 0.1) is 0 Å². The van der Waals surface area contributed by atoms with Gasteiger partial charge < -0.3 is 10.6 Å². The van der Waals surface area contributed by atoms with Crippen LogP contribution in [0.15, 0.2) is 24.3 Å². The maximum absolute atomic E-state index is 12.1. The number of nitrogens with one attached hydrogen (secondary N) is 2. The molecule has 150 valence electrons. The molecule has 5 nitrogen and oxygen atoms in total. The number of likely N-dealkylation sites (tertiary alicyclic amines) is 1. The molecular formula is C21H32ClN3O2. The predicted octanol–water partition coefficient (Wildman–Crippen LogP) is 3.36. The van der Waals surface area contributed by atoms with Crippen molar-refractivity contribution in [3.8, 4) is 0 Å². The fraction of sp³-hybridized carbons (Fsp3) is 0.619. The van der Waals surface area contributed by atoms with Gasteiger partial charge in [0.1, 0.15) is 0 Å². The molecule has 1 fully saturated rings. The fourth-order valence-corrected chi connectivity index (χ4v) is 3.23. The molecule has 1 aliphatic rings. The van der Waals surface area contributed by atoms with Crippen LogP contribution < -0.4 is 10.6 Å². The van der Waals surface area contributed by atoms with Crippen LogP contribution in [-0.4, -0.2) is 42.4 Å². The van der Waals surface area contributed by atoms with Crippen molar-refractivity contribution in [1.82, 2.24) is 15.5 Å². The number of hydrogen-bond acceptors (Lipinski definition) is 3. The fourth-order valence-electron chi connectivity index (χ4n) is 3.10. The van der Waals surface area contributed by atoms with E-state index in [1.165, 1.54) is 5.56 Å². The summed E-state index contributed by atoms with van der Waals surface area (Å²) in [6.45, 7) is 9.08. The van der Waals surface area contributed by atoms with Crippen LogP contribution in [0.4, 0.5) is 0 Å². The zero-order chi connectivity index (χ0) is 19.9. The average Bonchev–Trinajstić information content (AvgIpc) is 2.61. The molecule has 27 heavy (non-hydrogen) atoms. The van der Waals surface area contributed by atoms with Crippen LogP contribution in [0.1, 0.15) is 52.0 Å². The van der Waals surface area contributed by atoms with Gasteiger partial charge in [-0.3, -0.25) is 14.5 Å². The van der Waals surface area contributed by atoms with Gasteiger partial charge in [0.15, 0.2) is 0 Å². The molecular weight excluding hydrogens is 362 g/mol. The summed E-state index contributed by atoms with van der Waals surface area (Å²) < 4.78 is 0. The van der Waals surface area contributed by atoms with Gasteiger partial charge in [-0.15, -0.1) is 0 Å². The number of nitrogens with zero attached hydrogens (tertiary/aromatic N) is 1. The molecule has 2 rings (SSSR count). The van der Waals surface area contributed by atoms with Crippen molar-refractivity contribution in [2.45, 2.75) is 59.0 Å². The zero-order valence-corrected chi connectivity index (χ0v) is 17.4. The number of halogens is 1. The van der Waals surface area contributed by atoms with Crippen molar-refractivity contribution in [3.05, 3.63) is 34.9 Å². The lowest BCUT2D eigenvalue weighted by Gasteiger charge is -2.32. The molecule has 0 atom stereocenters. The van der Waals surface area contributed by atoms with E-state index in [-0.39, 0.29) is 23.3 Å². The molecule has 0 radical (unpaired) electrons. The standard InChI is InChI=1S/C21H32ClN3O2/c1-21(2,3)20(27)23-12-4-5-19(26)24-18-10-13-25(14-11-18)15-16-6-8-17(22)9-7-16/h6-9,18H,4-5,10-15H2,1-3H3,(H,23,27)(H,24,26). The van der Waals surface area contributed by atoms with Crippen molar-refractivity contribution in [3.63, 3.8) is 0 Å². The Hall–Kier alpha value is -1.59. The summed E-state index contributed by atoms with van der Waals surface area (Å²) >= 11 is 5.93. The molecule has 0 saturated carbocycles. The molecule has 6 heteroatoms. The van der Waals surface area contributed by atoms with Gasteiger partial charge in [0.25, 0.3) is 0 Å². The molecule has 0 unspecified atom stereocenters. The summed E-state index contributed by atoms with van der Waals surface area (Å²) in [5, 5.41) is 6.78. The molecule has 1 aromatic carbocycles. The van der Waals surface area contributed by atoms with E-state index in [9.17, 15) is 9.59 Å². The Morgan fingerprint density at radius 1 is 1.15 bits per heavy atom. The molecule has 0 bridgehead atoms. The Bertz CT molecular complexity index is 617. The first-order valence-electron chi connectivity index (χ1n) is 9.78. The second kappa shape index (κ2) is 10.1. The lowest BCUT2D eigenvalue weighted by molar-refractivity contribution is -0.128. The third-order valence-corrected chi connectivity index (χ3v) is 5.07. The molecule has 1 heterocycles. The van der Waals surface area contributed by atoms with Gasteiger partial charge in [-0.1, -0.05) is 44.5 Å². The first-order chi connectivity index (χ1) is 12.7. The minimum absolute atomic E-state index is 0.0240. The largest absolute Gasteiger partial charge is 0.356 e. The van der Waals surface area contributed by atoms with E-state index in [0.717, 1.165) is 37.5 Å². The van der Waals surface area contributed by atoms with E-state index in [2.05, 4.69) is 27.7 Å². The Morgan fingerprint density at radius 3 is 2.37 bits per heavy atom. The summed E-state index contributed by atoms with van der Waals surface area (Å²) in [6, 6.07) is 8.23. The van der Waals surface area contributed by atoms with E-state index in [1.54, 1.807) is 0 Å². The van der Waals surface area contributed by atoms with Crippen LogP contribution in [0.5, 0.6) is 0 Å². The van der Waals surface area contributed by atoms with Crippen molar-refractivity contribution < 1.29 is 9.59 Å². The smallest absolute Gasteiger partial charge is 0.225 e. The number of hydrogen-bond donors (Lipinski definition) is 2. The normalized spacial score (nSPS) is 16.1. The van der Waals surface area contributed by atoms with Crippen LogP contribution >= 0.6 is 11.6 Å². The molecule has 2 N–H and O–H groups in total. The van der Waals surface area contributed by atoms with E-state index in [4.69, 9.17) is 11.6 Å². The van der Waals surface area contributed by atoms with Crippen LogP contribution in [0.3, 0.4) is 0 Å². The Balaban J connectivity index is 1.60. The molecule has 1 saturated heterocycles. The van der Waals surface area contributed by atoms with Crippen LogP contribution in [-0.2, 0) is 16.1 Å². The minimum atomic E-state index is -0.387. The van der Waals surface area contributed by atoms with E-state index in [0.29, 0.717) is 19.4 Å². The number of piperidine rings is 1. The molecule has 0 spiro atoms. The lowest BCUT2D eigenvalue weighted by Crippen LogP contribution is -2.44. The number of amides is 2. The molecule has 1 aliphatic heterocycles. The summed E-state index contributed by atoms with van der Waals surface area (Å²) in [4.78, 5) is 26.3. The summed E-state index contributed by atoms with van der Waals surface area (Å²) in [7, 11) is 0. The highest BCUT2D eigenvalue weighted by atomic mass is 35.5. The van der Waals surface area contributed by atoms with Gasteiger partial charge in [0.2, 0.25) is 11.8 Å². The molecule has 1 aromatic rings. The summed E-state index contributed by atoms with van der Waals surface area (Å²) in [6.07, 6.45) is 3.07. The highest BCUT2D eigenvalue weighted by Gasteiger charge is 2.22. The van der Waals surface area contributed by atoms with Gasteiger partial charge in [-0.25, -0.2) is 0 Å². The van der Waals surface area contributed by atoms with Crippen LogP contribution in [0.2, 0.25) is 5.02 Å². The van der Waals surface area contributed by atoms with Crippen molar-refractivity contribution in [2.24, 2.45) is 5.41 Å². The first-order valence-corrected chi connectivity index (χ1v) is 10.2. The van der Waals surface area contributed by atoms with E-state index < -0.39 is 0 Å². The number of carbonyl (C=O) groups is 2. The summed E-state index contributed by atoms with van der Waals surface area (Å²) in [5.41, 5.74) is 0.876. The van der Waals surface area contributed by atoms with Crippen molar-refractivity contribution in [1.29, 1.82) is 0 Å². The maximum atomic E-state index is 12.1. The van der Waals surface area contributed by atoms with Crippen molar-refractivity contribution >= 4 is 23.4 Å². The topological polar surface area (TPSA) is 61.4 Å². The number of benzene rings is 1. The average molecular weight is 394 g/mol. The van der Waals surface area contributed by atoms with Gasteiger partial charge in [0, 0.05) is 49.1 Å². The zero-order valence-electron chi connectivity index (χ0n) is 16.7. The van der Waals surface area contributed by atoms with Crippen LogP contribution in [0, 0.1) is 5.41 Å². The van der Waals surface area contributed by atoms with Gasteiger partial charge in [-0.2, -0.15) is 0 Å². The second-order valence-corrected chi connectivity index (χ2v) is 8.79. The second-order valence-electron chi connectivity index (χ2n) is 8.35. The van der Waals surface area contributed by atoms with E-state index in [1.807, 2.05) is 32.9 Å². The molecule has 0 aromatic heterocycles. The van der Waals surface area contributed by atoms with Crippen LogP contribution in [0.25, 0.3) is 0 Å². The quantitative estimate of drug-likeness (QED) is 0.698. The number of carbonyl (C=O) groups excluding carboxylic acids is 2. The van der Waals surface area contributed by atoms with E-state index >= 15 is 0 Å². The molecule has 0 aliphatic carbocycles. The Morgan fingerprint density at radius 2 is 1.78 bits per heavy atom.